The van der Waals surface area contributed by atoms with Gasteiger partial charge >= 0.3 is 0 Å². The molecular weight excluding hydrogens is 312 g/mol. The second-order valence-corrected chi connectivity index (χ2v) is 5.90. The molecule has 0 aliphatic rings. The minimum atomic E-state index is -0.0546. The number of carbonyl (C=O) groups is 1. The van der Waals surface area contributed by atoms with Crippen LogP contribution in [0.2, 0.25) is 0 Å². The van der Waals surface area contributed by atoms with Gasteiger partial charge in [-0.05, 0) is 32.0 Å². The zero-order valence-corrected chi connectivity index (χ0v) is 13.7. The quantitative estimate of drug-likeness (QED) is 0.719. The van der Waals surface area contributed by atoms with Gasteiger partial charge in [-0.25, -0.2) is 15.0 Å². The summed E-state index contributed by atoms with van der Waals surface area (Å²) in [6.07, 6.45) is 4.93. The first-order chi connectivity index (χ1) is 11.2. The highest BCUT2D eigenvalue weighted by molar-refractivity contribution is 7.17. The largest absolute Gasteiger partial charge is 0.467 e. The molecule has 0 N–H and O–H groups in total. The normalized spacial score (nSPS) is 10.7. The van der Waals surface area contributed by atoms with Crippen molar-refractivity contribution in [2.24, 2.45) is 0 Å². The van der Waals surface area contributed by atoms with Crippen LogP contribution >= 0.6 is 11.3 Å². The van der Waals surface area contributed by atoms with Crippen molar-refractivity contribution in [3.8, 4) is 10.8 Å². The average molecular weight is 328 g/mol. The first kappa shape index (κ1) is 15.4. The number of hydrogen-bond donors (Lipinski definition) is 0. The lowest BCUT2D eigenvalue weighted by Crippen LogP contribution is -2.30. The molecule has 0 saturated heterocycles. The maximum atomic E-state index is 12.8. The fourth-order valence-corrected chi connectivity index (χ4v) is 3.14. The summed E-state index contributed by atoms with van der Waals surface area (Å²) in [7, 11) is 0. The van der Waals surface area contributed by atoms with E-state index in [-0.39, 0.29) is 5.91 Å². The predicted octanol–water partition coefficient (Wildman–Crippen LogP) is 3.16. The summed E-state index contributed by atoms with van der Waals surface area (Å²) in [5.74, 6) is 1.24. The topological polar surface area (TPSA) is 72.1 Å². The summed E-state index contributed by atoms with van der Waals surface area (Å²) in [6, 6.07) is 5.42. The van der Waals surface area contributed by atoms with Gasteiger partial charge in [0, 0.05) is 18.9 Å². The number of hydrogen-bond acceptors (Lipinski definition) is 6. The molecule has 23 heavy (non-hydrogen) atoms. The fourth-order valence-electron chi connectivity index (χ4n) is 2.16. The van der Waals surface area contributed by atoms with Crippen LogP contribution in [-0.2, 0) is 6.54 Å². The Bertz CT molecular complexity index is 784. The Morgan fingerprint density at radius 1 is 1.30 bits per heavy atom. The second-order valence-electron chi connectivity index (χ2n) is 4.90. The standard InChI is InChI=1S/C16H16N4O2S/c1-3-20(10-12-6-4-9-22-12)16(21)13-11(2)19-15(23-13)14-17-7-5-8-18-14/h4-9H,3,10H2,1-2H3. The summed E-state index contributed by atoms with van der Waals surface area (Å²) in [6.45, 7) is 4.81. The van der Waals surface area contributed by atoms with Gasteiger partial charge in [-0.15, -0.1) is 11.3 Å². The van der Waals surface area contributed by atoms with Gasteiger partial charge in [0.05, 0.1) is 18.5 Å². The molecule has 0 saturated carbocycles. The molecule has 3 rings (SSSR count). The number of thiazole rings is 1. The van der Waals surface area contributed by atoms with E-state index in [4.69, 9.17) is 4.42 Å². The molecule has 0 bridgehead atoms. The van der Waals surface area contributed by atoms with Crippen molar-refractivity contribution in [1.29, 1.82) is 0 Å². The summed E-state index contributed by atoms with van der Waals surface area (Å²) in [4.78, 5) is 27.9. The van der Waals surface area contributed by atoms with E-state index < -0.39 is 0 Å². The highest BCUT2D eigenvalue weighted by atomic mass is 32.1. The molecule has 3 heterocycles. The van der Waals surface area contributed by atoms with E-state index in [1.54, 1.807) is 29.6 Å². The molecule has 0 radical (unpaired) electrons. The van der Waals surface area contributed by atoms with Crippen molar-refractivity contribution in [3.63, 3.8) is 0 Å². The third-order valence-electron chi connectivity index (χ3n) is 3.34. The van der Waals surface area contributed by atoms with Gasteiger partial charge in [-0.2, -0.15) is 0 Å². The van der Waals surface area contributed by atoms with Gasteiger partial charge in [0.2, 0.25) is 0 Å². The van der Waals surface area contributed by atoms with Gasteiger partial charge in [0.15, 0.2) is 10.8 Å². The monoisotopic (exact) mass is 328 g/mol. The summed E-state index contributed by atoms with van der Waals surface area (Å²) in [5, 5.41) is 0.653. The third kappa shape index (κ3) is 3.29. The van der Waals surface area contributed by atoms with E-state index >= 15 is 0 Å². The van der Waals surface area contributed by atoms with Crippen LogP contribution in [0.4, 0.5) is 0 Å². The second kappa shape index (κ2) is 6.70. The number of amides is 1. The fraction of sp³-hybridized carbons (Fsp3) is 0.250. The number of furan rings is 1. The first-order valence-corrected chi connectivity index (χ1v) is 8.07. The Morgan fingerprint density at radius 2 is 2.09 bits per heavy atom. The van der Waals surface area contributed by atoms with Crippen molar-refractivity contribution in [1.82, 2.24) is 19.9 Å². The summed E-state index contributed by atoms with van der Waals surface area (Å²) in [5.41, 5.74) is 0.695. The number of aryl methyl sites for hydroxylation is 1. The van der Waals surface area contributed by atoms with Crippen LogP contribution in [0, 0.1) is 6.92 Å². The van der Waals surface area contributed by atoms with Gasteiger partial charge in [0.1, 0.15) is 10.6 Å². The number of aromatic nitrogens is 3. The molecule has 0 aliphatic carbocycles. The highest BCUT2D eigenvalue weighted by Crippen LogP contribution is 2.26. The van der Waals surface area contributed by atoms with Crippen LogP contribution in [0.3, 0.4) is 0 Å². The lowest BCUT2D eigenvalue weighted by atomic mass is 10.3. The first-order valence-electron chi connectivity index (χ1n) is 7.25. The molecular formula is C16H16N4O2S. The highest BCUT2D eigenvalue weighted by Gasteiger charge is 2.22. The molecule has 6 nitrogen and oxygen atoms in total. The SMILES string of the molecule is CCN(Cc1ccco1)C(=O)c1sc(-c2ncccn2)nc1C. The Morgan fingerprint density at radius 3 is 2.74 bits per heavy atom. The molecule has 118 valence electrons. The molecule has 0 atom stereocenters. The molecule has 0 unspecified atom stereocenters. The maximum absolute atomic E-state index is 12.8. The summed E-state index contributed by atoms with van der Waals surface area (Å²) < 4.78 is 5.33. The predicted molar refractivity (Wildman–Crippen MR) is 87.0 cm³/mol. The Balaban J connectivity index is 1.85. The molecule has 3 aromatic heterocycles. The minimum absolute atomic E-state index is 0.0546. The van der Waals surface area contributed by atoms with Crippen LogP contribution in [0.25, 0.3) is 10.8 Å². The van der Waals surface area contributed by atoms with Crippen molar-refractivity contribution in [2.75, 3.05) is 6.54 Å². The zero-order chi connectivity index (χ0) is 16.2. The van der Waals surface area contributed by atoms with Gasteiger partial charge < -0.3 is 9.32 Å². The third-order valence-corrected chi connectivity index (χ3v) is 4.48. The Hall–Kier alpha value is -2.54. The van der Waals surface area contributed by atoms with Crippen molar-refractivity contribution < 1.29 is 9.21 Å². The van der Waals surface area contributed by atoms with Crippen molar-refractivity contribution >= 4 is 17.2 Å². The van der Waals surface area contributed by atoms with Crippen LogP contribution in [0.15, 0.2) is 41.3 Å². The van der Waals surface area contributed by atoms with E-state index in [2.05, 4.69) is 15.0 Å². The van der Waals surface area contributed by atoms with E-state index in [9.17, 15) is 4.79 Å². The number of nitrogens with zero attached hydrogens (tertiary/aromatic N) is 4. The molecule has 7 heteroatoms. The zero-order valence-electron chi connectivity index (χ0n) is 12.9. The molecule has 0 spiro atoms. The molecule has 0 aliphatic heterocycles. The number of carbonyl (C=O) groups excluding carboxylic acids is 1. The van der Waals surface area contributed by atoms with Crippen molar-refractivity contribution in [2.45, 2.75) is 20.4 Å². The molecule has 1 amide bonds. The number of rotatable bonds is 5. The van der Waals surface area contributed by atoms with Gasteiger partial charge in [-0.3, -0.25) is 4.79 Å². The van der Waals surface area contributed by atoms with E-state index in [1.165, 1.54) is 11.3 Å². The smallest absolute Gasteiger partial charge is 0.266 e. The van der Waals surface area contributed by atoms with Gasteiger partial charge in [0.25, 0.3) is 5.91 Å². The van der Waals surface area contributed by atoms with E-state index in [1.807, 2.05) is 26.0 Å². The van der Waals surface area contributed by atoms with Crippen LogP contribution in [-0.4, -0.2) is 32.3 Å². The lowest BCUT2D eigenvalue weighted by molar-refractivity contribution is 0.0745. The molecule has 3 aromatic rings. The Kier molecular flexibility index (Phi) is 4.47. The maximum Gasteiger partial charge on any atom is 0.266 e. The van der Waals surface area contributed by atoms with E-state index in [0.717, 1.165) is 5.76 Å². The molecule has 0 fully saturated rings. The van der Waals surface area contributed by atoms with Crippen molar-refractivity contribution in [3.05, 3.63) is 53.2 Å². The van der Waals surface area contributed by atoms with Gasteiger partial charge in [-0.1, -0.05) is 0 Å². The van der Waals surface area contributed by atoms with Crippen LogP contribution in [0.5, 0.6) is 0 Å². The Labute approximate surface area is 137 Å². The average Bonchev–Trinajstić information content (AvgIpc) is 3.22. The lowest BCUT2D eigenvalue weighted by Gasteiger charge is -2.18. The van der Waals surface area contributed by atoms with Crippen LogP contribution < -0.4 is 0 Å². The summed E-state index contributed by atoms with van der Waals surface area (Å²) >= 11 is 1.32. The van der Waals surface area contributed by atoms with E-state index in [0.29, 0.717) is 34.5 Å². The minimum Gasteiger partial charge on any atom is -0.467 e. The van der Waals surface area contributed by atoms with Crippen LogP contribution in [0.1, 0.15) is 28.0 Å². The molecule has 0 aromatic carbocycles.